The molecular formula is C20H15Cl2N3O2. The zero-order chi connectivity index (χ0) is 19.1. The van der Waals surface area contributed by atoms with Gasteiger partial charge in [-0.1, -0.05) is 29.3 Å². The fraction of sp³-hybridized carbons (Fsp3) is 0.0500. The number of benzene rings is 2. The molecule has 0 aliphatic heterocycles. The predicted molar refractivity (Wildman–Crippen MR) is 107 cm³/mol. The van der Waals surface area contributed by atoms with Gasteiger partial charge in [0.25, 0.3) is 5.91 Å². The average molecular weight is 400 g/mol. The van der Waals surface area contributed by atoms with Crippen LogP contribution in [0, 0.1) is 0 Å². The molecule has 2 aromatic carbocycles. The molecule has 1 amide bonds. The molecule has 0 atom stereocenters. The third-order valence-electron chi connectivity index (χ3n) is 3.59. The number of pyridine rings is 1. The van der Waals surface area contributed by atoms with Crippen LogP contribution in [0.25, 0.3) is 0 Å². The topological polar surface area (TPSA) is 63.6 Å². The van der Waals surface area contributed by atoms with Crippen molar-refractivity contribution < 1.29 is 9.53 Å². The van der Waals surface area contributed by atoms with Crippen molar-refractivity contribution in [3.63, 3.8) is 0 Å². The SMILES string of the molecule is O=C(NN=Cc1ccc(OCc2ccc(Cl)cc2Cl)cc1)c1cccnc1. The quantitative estimate of drug-likeness (QED) is 0.481. The van der Waals surface area contributed by atoms with Crippen molar-refractivity contribution in [1.82, 2.24) is 10.4 Å². The number of nitrogens with zero attached hydrogens (tertiary/aromatic N) is 2. The monoisotopic (exact) mass is 399 g/mol. The van der Waals surface area contributed by atoms with Crippen LogP contribution in [0.1, 0.15) is 21.5 Å². The molecule has 0 fully saturated rings. The van der Waals surface area contributed by atoms with Crippen LogP contribution in [0.3, 0.4) is 0 Å². The second-order valence-corrected chi connectivity index (χ2v) is 6.38. The molecule has 3 rings (SSSR count). The highest BCUT2D eigenvalue weighted by molar-refractivity contribution is 6.35. The molecule has 0 unspecified atom stereocenters. The summed E-state index contributed by atoms with van der Waals surface area (Å²) in [5.74, 6) is 0.372. The van der Waals surface area contributed by atoms with Gasteiger partial charge in [-0.3, -0.25) is 9.78 Å². The van der Waals surface area contributed by atoms with Crippen LogP contribution < -0.4 is 10.2 Å². The zero-order valence-electron chi connectivity index (χ0n) is 14.1. The molecule has 1 aromatic heterocycles. The first-order chi connectivity index (χ1) is 13.1. The average Bonchev–Trinajstić information content (AvgIpc) is 2.69. The number of halogens is 2. The number of hydrogen-bond donors (Lipinski definition) is 1. The van der Waals surface area contributed by atoms with Gasteiger partial charge < -0.3 is 4.74 Å². The summed E-state index contributed by atoms with van der Waals surface area (Å²) in [6.07, 6.45) is 4.63. The number of rotatable bonds is 6. The van der Waals surface area contributed by atoms with E-state index in [9.17, 15) is 4.79 Å². The van der Waals surface area contributed by atoms with E-state index in [0.29, 0.717) is 28.0 Å². The molecular weight excluding hydrogens is 385 g/mol. The fourth-order valence-corrected chi connectivity index (χ4v) is 2.64. The molecule has 0 bridgehead atoms. The third kappa shape index (κ3) is 5.54. The zero-order valence-corrected chi connectivity index (χ0v) is 15.6. The van der Waals surface area contributed by atoms with Crippen LogP contribution >= 0.6 is 23.2 Å². The van der Waals surface area contributed by atoms with Crippen LogP contribution in [-0.4, -0.2) is 17.1 Å². The highest BCUT2D eigenvalue weighted by atomic mass is 35.5. The molecule has 0 saturated carbocycles. The normalized spacial score (nSPS) is 10.7. The lowest BCUT2D eigenvalue weighted by Gasteiger charge is -2.08. The number of carbonyl (C=O) groups is 1. The second-order valence-electron chi connectivity index (χ2n) is 5.53. The Hall–Kier alpha value is -2.89. The summed E-state index contributed by atoms with van der Waals surface area (Å²) >= 11 is 12.0. The number of ether oxygens (including phenoxy) is 1. The summed E-state index contributed by atoms with van der Waals surface area (Å²) in [4.78, 5) is 15.7. The van der Waals surface area contributed by atoms with Crippen molar-refractivity contribution >= 4 is 35.3 Å². The first-order valence-electron chi connectivity index (χ1n) is 8.02. The first-order valence-corrected chi connectivity index (χ1v) is 8.77. The Morgan fingerprint density at radius 1 is 1.15 bits per heavy atom. The number of carbonyl (C=O) groups excluding carboxylic acids is 1. The Kier molecular flexibility index (Phi) is 6.41. The molecule has 27 heavy (non-hydrogen) atoms. The molecule has 136 valence electrons. The van der Waals surface area contributed by atoms with Crippen molar-refractivity contribution in [2.45, 2.75) is 6.61 Å². The number of hydrogen-bond acceptors (Lipinski definition) is 4. The van der Waals surface area contributed by atoms with Gasteiger partial charge in [-0.2, -0.15) is 5.10 Å². The van der Waals surface area contributed by atoms with Gasteiger partial charge in [-0.25, -0.2) is 5.43 Å². The van der Waals surface area contributed by atoms with E-state index >= 15 is 0 Å². The third-order valence-corrected chi connectivity index (χ3v) is 4.18. The van der Waals surface area contributed by atoms with Crippen molar-refractivity contribution in [3.05, 3.63) is 93.7 Å². The maximum atomic E-state index is 11.9. The van der Waals surface area contributed by atoms with Gasteiger partial charge in [-0.05, 0) is 54.1 Å². The molecule has 1 N–H and O–H groups in total. The van der Waals surface area contributed by atoms with E-state index in [1.54, 1.807) is 36.7 Å². The van der Waals surface area contributed by atoms with Crippen LogP contribution in [0.2, 0.25) is 10.0 Å². The Morgan fingerprint density at radius 3 is 2.67 bits per heavy atom. The van der Waals surface area contributed by atoms with Gasteiger partial charge in [0.15, 0.2) is 0 Å². The molecule has 5 nitrogen and oxygen atoms in total. The highest BCUT2D eigenvalue weighted by Gasteiger charge is 2.04. The lowest BCUT2D eigenvalue weighted by atomic mass is 10.2. The summed E-state index contributed by atoms with van der Waals surface area (Å²) in [6.45, 7) is 0.338. The van der Waals surface area contributed by atoms with E-state index in [0.717, 1.165) is 11.1 Å². The Bertz CT molecular complexity index is 945. The lowest BCUT2D eigenvalue weighted by molar-refractivity contribution is 0.0955. The van der Waals surface area contributed by atoms with Crippen LogP contribution in [0.4, 0.5) is 0 Å². The maximum Gasteiger partial charge on any atom is 0.272 e. The van der Waals surface area contributed by atoms with E-state index in [4.69, 9.17) is 27.9 Å². The minimum Gasteiger partial charge on any atom is -0.489 e. The smallest absolute Gasteiger partial charge is 0.272 e. The van der Waals surface area contributed by atoms with Crippen molar-refractivity contribution in [2.24, 2.45) is 5.10 Å². The minimum absolute atomic E-state index is 0.320. The van der Waals surface area contributed by atoms with E-state index in [1.165, 1.54) is 6.20 Å². The van der Waals surface area contributed by atoms with Crippen LogP contribution in [-0.2, 0) is 6.61 Å². The Labute approximate surface area is 166 Å². The lowest BCUT2D eigenvalue weighted by Crippen LogP contribution is -2.17. The summed E-state index contributed by atoms with van der Waals surface area (Å²) < 4.78 is 5.72. The molecule has 0 spiro atoms. The molecule has 1 heterocycles. The van der Waals surface area contributed by atoms with Gasteiger partial charge in [0.1, 0.15) is 12.4 Å². The van der Waals surface area contributed by atoms with Crippen molar-refractivity contribution in [3.8, 4) is 5.75 Å². The molecule has 0 radical (unpaired) electrons. The number of hydrazone groups is 1. The van der Waals surface area contributed by atoms with Gasteiger partial charge in [-0.15, -0.1) is 0 Å². The fourth-order valence-electron chi connectivity index (χ4n) is 2.18. The van der Waals surface area contributed by atoms with Gasteiger partial charge in [0, 0.05) is 28.0 Å². The Balaban J connectivity index is 1.53. The number of amides is 1. The summed E-state index contributed by atoms with van der Waals surface area (Å²) in [5.41, 5.74) is 4.57. The van der Waals surface area contributed by atoms with Gasteiger partial charge >= 0.3 is 0 Å². The standard InChI is InChI=1S/C20H15Cl2N3O2/c21-17-6-5-16(19(22)10-17)13-27-18-7-3-14(4-8-18)11-24-25-20(26)15-2-1-9-23-12-15/h1-12H,13H2,(H,25,26). The molecule has 0 saturated heterocycles. The Morgan fingerprint density at radius 2 is 1.96 bits per heavy atom. The predicted octanol–water partition coefficient (Wildman–Crippen LogP) is 4.73. The number of nitrogens with one attached hydrogen (secondary N) is 1. The van der Waals surface area contributed by atoms with Gasteiger partial charge in [0.2, 0.25) is 0 Å². The largest absolute Gasteiger partial charge is 0.489 e. The first kappa shape index (κ1) is 18.9. The van der Waals surface area contributed by atoms with E-state index < -0.39 is 0 Å². The summed E-state index contributed by atoms with van der Waals surface area (Å²) in [7, 11) is 0. The molecule has 0 aliphatic carbocycles. The summed E-state index contributed by atoms with van der Waals surface area (Å²) in [6, 6.07) is 15.9. The van der Waals surface area contributed by atoms with Crippen molar-refractivity contribution in [1.29, 1.82) is 0 Å². The second kappa shape index (κ2) is 9.16. The van der Waals surface area contributed by atoms with Gasteiger partial charge in [0.05, 0.1) is 11.8 Å². The molecule has 0 aliphatic rings. The summed E-state index contributed by atoms with van der Waals surface area (Å²) in [5, 5.41) is 5.09. The molecule has 7 heteroatoms. The molecule has 3 aromatic rings. The minimum atomic E-state index is -0.320. The van der Waals surface area contributed by atoms with E-state index in [1.807, 2.05) is 30.3 Å². The van der Waals surface area contributed by atoms with Crippen LogP contribution in [0.15, 0.2) is 72.1 Å². The highest BCUT2D eigenvalue weighted by Crippen LogP contribution is 2.22. The van der Waals surface area contributed by atoms with E-state index in [-0.39, 0.29) is 5.91 Å². The van der Waals surface area contributed by atoms with Crippen molar-refractivity contribution in [2.75, 3.05) is 0 Å². The maximum absolute atomic E-state index is 11.9. The van der Waals surface area contributed by atoms with E-state index in [2.05, 4.69) is 15.5 Å². The van der Waals surface area contributed by atoms with Crippen LogP contribution in [0.5, 0.6) is 5.75 Å². The number of aromatic nitrogens is 1.